The fourth-order valence-electron chi connectivity index (χ4n) is 1.88. The van der Waals surface area contributed by atoms with Crippen molar-refractivity contribution >= 4 is 17.2 Å². The number of aliphatic hydroxyl groups is 1. The van der Waals surface area contributed by atoms with Gasteiger partial charge in [0.1, 0.15) is 12.4 Å². The van der Waals surface area contributed by atoms with Crippen LogP contribution in [0.25, 0.3) is 0 Å². The standard InChI is InChI=1S/C17H22N2O3S/c1-11(2)17-19-14(10-23-17)9-22-15-6-4-5-13(7-15)16(21)18-8-12(3)20/h4-7,10-12,20H,8-9H2,1-3H3,(H,18,21). The number of nitrogens with one attached hydrogen (secondary N) is 1. The summed E-state index contributed by atoms with van der Waals surface area (Å²) in [5.41, 5.74) is 1.40. The number of carbonyl (C=O) groups excluding carboxylic acids is 1. The van der Waals surface area contributed by atoms with Crippen LogP contribution < -0.4 is 10.1 Å². The third-order valence-corrected chi connectivity index (χ3v) is 4.30. The van der Waals surface area contributed by atoms with E-state index in [9.17, 15) is 9.90 Å². The van der Waals surface area contributed by atoms with Crippen LogP contribution in [0.5, 0.6) is 5.75 Å². The van der Waals surface area contributed by atoms with E-state index < -0.39 is 6.10 Å². The van der Waals surface area contributed by atoms with Gasteiger partial charge in [-0.1, -0.05) is 19.9 Å². The minimum atomic E-state index is -0.571. The van der Waals surface area contributed by atoms with E-state index in [0.717, 1.165) is 10.7 Å². The molecule has 23 heavy (non-hydrogen) atoms. The highest BCUT2D eigenvalue weighted by Gasteiger charge is 2.09. The number of ether oxygens (including phenoxy) is 1. The number of nitrogens with zero attached hydrogens (tertiary/aromatic N) is 1. The van der Waals surface area contributed by atoms with Gasteiger partial charge in [-0.25, -0.2) is 4.98 Å². The molecule has 0 aliphatic rings. The molecule has 2 aromatic rings. The van der Waals surface area contributed by atoms with Crippen LogP contribution in [-0.4, -0.2) is 28.6 Å². The molecule has 1 aromatic heterocycles. The lowest BCUT2D eigenvalue weighted by atomic mass is 10.2. The Morgan fingerprint density at radius 2 is 2.17 bits per heavy atom. The van der Waals surface area contributed by atoms with Crippen LogP contribution in [0, 0.1) is 0 Å². The predicted molar refractivity (Wildman–Crippen MR) is 91.0 cm³/mol. The molecule has 5 nitrogen and oxygen atoms in total. The zero-order valence-electron chi connectivity index (χ0n) is 13.6. The molecular formula is C17H22N2O3S. The normalized spacial score (nSPS) is 12.2. The van der Waals surface area contributed by atoms with Crippen LogP contribution >= 0.6 is 11.3 Å². The topological polar surface area (TPSA) is 71.5 Å². The van der Waals surface area contributed by atoms with Crippen molar-refractivity contribution in [3.63, 3.8) is 0 Å². The van der Waals surface area contributed by atoms with Crippen molar-refractivity contribution < 1.29 is 14.6 Å². The van der Waals surface area contributed by atoms with Gasteiger partial charge in [-0.3, -0.25) is 4.79 Å². The fourth-order valence-corrected chi connectivity index (χ4v) is 2.70. The van der Waals surface area contributed by atoms with E-state index in [1.54, 1.807) is 42.5 Å². The second kappa shape index (κ2) is 8.08. The van der Waals surface area contributed by atoms with E-state index in [1.165, 1.54) is 0 Å². The summed E-state index contributed by atoms with van der Waals surface area (Å²) in [6.07, 6.45) is -0.571. The van der Waals surface area contributed by atoms with Gasteiger partial charge in [0.15, 0.2) is 0 Å². The molecular weight excluding hydrogens is 312 g/mol. The van der Waals surface area contributed by atoms with Gasteiger partial charge in [0.2, 0.25) is 0 Å². The molecule has 2 rings (SSSR count). The number of hydrogen-bond acceptors (Lipinski definition) is 5. The smallest absolute Gasteiger partial charge is 0.251 e. The second-order valence-electron chi connectivity index (χ2n) is 5.71. The highest BCUT2D eigenvalue weighted by Crippen LogP contribution is 2.21. The molecule has 0 aliphatic carbocycles. The molecule has 0 aliphatic heterocycles. The third kappa shape index (κ3) is 5.33. The van der Waals surface area contributed by atoms with Gasteiger partial charge in [0, 0.05) is 23.4 Å². The first-order chi connectivity index (χ1) is 11.0. The molecule has 0 saturated heterocycles. The zero-order valence-corrected chi connectivity index (χ0v) is 14.4. The Hall–Kier alpha value is -1.92. The molecule has 1 atom stereocenters. The summed E-state index contributed by atoms with van der Waals surface area (Å²) in [6, 6.07) is 6.98. The quantitative estimate of drug-likeness (QED) is 0.816. The number of carbonyl (C=O) groups is 1. The molecule has 0 fully saturated rings. The van der Waals surface area contributed by atoms with Crippen molar-refractivity contribution in [2.45, 2.75) is 39.4 Å². The van der Waals surface area contributed by atoms with Crippen LogP contribution in [0.1, 0.15) is 47.7 Å². The van der Waals surface area contributed by atoms with Crippen LogP contribution in [0.3, 0.4) is 0 Å². The summed E-state index contributed by atoms with van der Waals surface area (Å²) in [6.45, 7) is 6.44. The predicted octanol–water partition coefficient (Wildman–Crippen LogP) is 2.96. The number of hydrogen-bond donors (Lipinski definition) is 2. The first-order valence-electron chi connectivity index (χ1n) is 7.59. The highest BCUT2D eigenvalue weighted by atomic mass is 32.1. The number of rotatable bonds is 7. The molecule has 1 unspecified atom stereocenters. The Morgan fingerprint density at radius 3 is 2.83 bits per heavy atom. The van der Waals surface area contributed by atoms with Gasteiger partial charge in [-0.15, -0.1) is 11.3 Å². The first-order valence-corrected chi connectivity index (χ1v) is 8.47. The Balaban J connectivity index is 1.95. The summed E-state index contributed by atoms with van der Waals surface area (Å²) >= 11 is 1.63. The van der Waals surface area contributed by atoms with Crippen LogP contribution in [0.2, 0.25) is 0 Å². The van der Waals surface area contributed by atoms with E-state index in [2.05, 4.69) is 24.1 Å². The van der Waals surface area contributed by atoms with E-state index in [1.807, 2.05) is 5.38 Å². The zero-order chi connectivity index (χ0) is 16.8. The van der Waals surface area contributed by atoms with Gasteiger partial charge < -0.3 is 15.2 Å². The van der Waals surface area contributed by atoms with E-state index in [-0.39, 0.29) is 12.5 Å². The van der Waals surface area contributed by atoms with E-state index in [0.29, 0.717) is 23.8 Å². The van der Waals surface area contributed by atoms with Gasteiger partial charge in [-0.05, 0) is 25.1 Å². The third-order valence-electron chi connectivity index (χ3n) is 3.10. The maximum Gasteiger partial charge on any atom is 0.251 e. The molecule has 2 N–H and O–H groups in total. The Morgan fingerprint density at radius 1 is 1.39 bits per heavy atom. The van der Waals surface area contributed by atoms with Gasteiger partial charge in [0.05, 0.1) is 16.8 Å². The number of aliphatic hydroxyl groups excluding tert-OH is 1. The largest absolute Gasteiger partial charge is 0.487 e. The lowest BCUT2D eigenvalue weighted by Crippen LogP contribution is -2.30. The monoisotopic (exact) mass is 334 g/mol. The molecule has 1 heterocycles. The van der Waals surface area contributed by atoms with Crippen molar-refractivity contribution in [2.24, 2.45) is 0 Å². The van der Waals surface area contributed by atoms with Gasteiger partial charge >= 0.3 is 0 Å². The lowest BCUT2D eigenvalue weighted by Gasteiger charge is -2.09. The van der Waals surface area contributed by atoms with Crippen molar-refractivity contribution in [1.29, 1.82) is 0 Å². The molecule has 6 heteroatoms. The minimum Gasteiger partial charge on any atom is -0.487 e. The highest BCUT2D eigenvalue weighted by molar-refractivity contribution is 7.09. The average Bonchev–Trinajstić information content (AvgIpc) is 3.00. The van der Waals surface area contributed by atoms with Crippen LogP contribution in [0.4, 0.5) is 0 Å². The van der Waals surface area contributed by atoms with Crippen LogP contribution in [-0.2, 0) is 6.61 Å². The number of aromatic nitrogens is 1. The lowest BCUT2D eigenvalue weighted by molar-refractivity contribution is 0.0923. The summed E-state index contributed by atoms with van der Waals surface area (Å²) in [7, 11) is 0. The van der Waals surface area contributed by atoms with E-state index in [4.69, 9.17) is 4.74 Å². The molecule has 0 saturated carbocycles. The molecule has 1 aromatic carbocycles. The molecule has 1 amide bonds. The number of amides is 1. The van der Waals surface area contributed by atoms with E-state index >= 15 is 0 Å². The Bertz CT molecular complexity index is 653. The van der Waals surface area contributed by atoms with Gasteiger partial charge in [-0.2, -0.15) is 0 Å². The Labute approximate surface area is 140 Å². The van der Waals surface area contributed by atoms with Crippen molar-refractivity contribution in [2.75, 3.05) is 6.54 Å². The number of benzene rings is 1. The molecule has 0 bridgehead atoms. The SMILES string of the molecule is CC(O)CNC(=O)c1cccc(OCc2csc(C(C)C)n2)c1. The Kier molecular flexibility index (Phi) is 6.12. The summed E-state index contributed by atoms with van der Waals surface area (Å²) in [4.78, 5) is 16.5. The van der Waals surface area contributed by atoms with Crippen molar-refractivity contribution in [3.8, 4) is 5.75 Å². The summed E-state index contributed by atoms with van der Waals surface area (Å²) < 4.78 is 5.72. The van der Waals surface area contributed by atoms with Crippen LogP contribution in [0.15, 0.2) is 29.6 Å². The maximum absolute atomic E-state index is 12.0. The molecule has 0 spiro atoms. The minimum absolute atomic E-state index is 0.223. The summed E-state index contributed by atoms with van der Waals surface area (Å²) in [5, 5.41) is 15.0. The average molecular weight is 334 g/mol. The molecule has 0 radical (unpaired) electrons. The maximum atomic E-state index is 12.0. The van der Waals surface area contributed by atoms with Crippen molar-refractivity contribution in [1.82, 2.24) is 10.3 Å². The summed E-state index contributed by atoms with van der Waals surface area (Å²) in [5.74, 6) is 0.801. The first kappa shape index (κ1) is 17.4. The van der Waals surface area contributed by atoms with Gasteiger partial charge in [0.25, 0.3) is 5.91 Å². The second-order valence-corrected chi connectivity index (χ2v) is 6.60. The van der Waals surface area contributed by atoms with Crippen molar-refractivity contribution in [3.05, 3.63) is 45.9 Å². The fraction of sp³-hybridized carbons (Fsp3) is 0.412. The molecule has 124 valence electrons. The number of thiazole rings is 1.